The third kappa shape index (κ3) is 5.11. The second kappa shape index (κ2) is 7.39. The molecule has 1 amide bonds. The fourth-order valence-corrected chi connectivity index (χ4v) is 1.20. The van der Waals surface area contributed by atoms with Crippen LogP contribution in [0.1, 0.15) is 12.0 Å². The monoisotopic (exact) mass is 233 g/mol. The molecule has 0 aliphatic heterocycles. The average molecular weight is 233 g/mol. The van der Waals surface area contributed by atoms with Gasteiger partial charge in [-0.3, -0.25) is 4.79 Å². The molecule has 1 rings (SSSR count). The molecule has 5 heteroatoms. The van der Waals surface area contributed by atoms with Crippen LogP contribution < -0.4 is 11.1 Å². The van der Waals surface area contributed by atoms with Crippen molar-refractivity contribution >= 4 is 11.6 Å². The van der Waals surface area contributed by atoms with Gasteiger partial charge in [-0.2, -0.15) is 5.26 Å². The first-order valence-electron chi connectivity index (χ1n) is 5.34. The highest BCUT2D eigenvalue weighted by Gasteiger charge is 2.02. The van der Waals surface area contributed by atoms with E-state index in [4.69, 9.17) is 15.7 Å². The van der Waals surface area contributed by atoms with Crippen LogP contribution in [-0.4, -0.2) is 25.7 Å². The molecule has 0 saturated carbocycles. The molecule has 1 aromatic carbocycles. The molecule has 0 bridgehead atoms. The van der Waals surface area contributed by atoms with E-state index in [0.29, 0.717) is 37.4 Å². The Kier molecular flexibility index (Phi) is 5.72. The van der Waals surface area contributed by atoms with Crippen LogP contribution in [0.15, 0.2) is 24.3 Å². The van der Waals surface area contributed by atoms with Crippen molar-refractivity contribution < 1.29 is 9.53 Å². The summed E-state index contributed by atoms with van der Waals surface area (Å²) in [5, 5.41) is 11.3. The van der Waals surface area contributed by atoms with Crippen LogP contribution in [0.25, 0.3) is 0 Å². The van der Waals surface area contributed by atoms with E-state index in [-0.39, 0.29) is 5.91 Å². The molecule has 90 valence electrons. The predicted molar refractivity (Wildman–Crippen MR) is 64.3 cm³/mol. The fraction of sp³-hybridized carbons (Fsp3) is 0.333. The van der Waals surface area contributed by atoms with Crippen molar-refractivity contribution in [2.24, 2.45) is 5.73 Å². The highest BCUT2D eigenvalue weighted by Crippen LogP contribution is 2.08. The zero-order valence-corrected chi connectivity index (χ0v) is 9.48. The highest BCUT2D eigenvalue weighted by atomic mass is 16.5. The minimum absolute atomic E-state index is 0.119. The normalized spacial score (nSPS) is 9.65. The Morgan fingerprint density at radius 2 is 2.06 bits per heavy atom. The standard InChI is InChI=1S/C12H15N3O2/c13-6-8-17-7-5-12(16)15-11-3-1-10(9-14)2-4-11/h1-4H,5-8,13H2,(H,15,16). The van der Waals surface area contributed by atoms with Crippen molar-refractivity contribution in [2.45, 2.75) is 6.42 Å². The van der Waals surface area contributed by atoms with Crippen LogP contribution in [0.2, 0.25) is 0 Å². The summed E-state index contributed by atoms with van der Waals surface area (Å²) in [4.78, 5) is 11.4. The summed E-state index contributed by atoms with van der Waals surface area (Å²) in [7, 11) is 0. The first-order chi connectivity index (χ1) is 8.26. The van der Waals surface area contributed by atoms with Gasteiger partial charge in [0.25, 0.3) is 0 Å². The molecule has 17 heavy (non-hydrogen) atoms. The number of benzene rings is 1. The SMILES string of the molecule is N#Cc1ccc(NC(=O)CCOCCN)cc1. The van der Waals surface area contributed by atoms with Crippen LogP contribution in [-0.2, 0) is 9.53 Å². The number of ether oxygens (including phenoxy) is 1. The summed E-state index contributed by atoms with van der Waals surface area (Å²) in [5.74, 6) is -0.119. The first-order valence-corrected chi connectivity index (χ1v) is 5.34. The number of amides is 1. The Hall–Kier alpha value is -1.90. The number of anilines is 1. The van der Waals surface area contributed by atoms with Crippen LogP contribution in [0, 0.1) is 11.3 Å². The van der Waals surface area contributed by atoms with Gasteiger partial charge < -0.3 is 15.8 Å². The lowest BCUT2D eigenvalue weighted by molar-refractivity contribution is -0.117. The molecule has 0 saturated heterocycles. The fourth-order valence-electron chi connectivity index (χ4n) is 1.20. The van der Waals surface area contributed by atoms with Crippen LogP contribution >= 0.6 is 0 Å². The minimum Gasteiger partial charge on any atom is -0.380 e. The van der Waals surface area contributed by atoms with E-state index in [1.807, 2.05) is 6.07 Å². The van der Waals surface area contributed by atoms with Crippen molar-refractivity contribution in [3.8, 4) is 6.07 Å². The van der Waals surface area contributed by atoms with E-state index in [9.17, 15) is 4.79 Å². The zero-order valence-electron chi connectivity index (χ0n) is 9.48. The summed E-state index contributed by atoms with van der Waals surface area (Å²) < 4.78 is 5.10. The third-order valence-corrected chi connectivity index (χ3v) is 2.03. The van der Waals surface area contributed by atoms with Gasteiger partial charge in [-0.1, -0.05) is 0 Å². The summed E-state index contributed by atoms with van der Waals surface area (Å²) >= 11 is 0. The van der Waals surface area contributed by atoms with E-state index < -0.39 is 0 Å². The lowest BCUT2D eigenvalue weighted by Crippen LogP contribution is -2.16. The summed E-state index contributed by atoms with van der Waals surface area (Å²) in [6.45, 7) is 1.28. The van der Waals surface area contributed by atoms with Gasteiger partial charge in [-0.25, -0.2) is 0 Å². The smallest absolute Gasteiger partial charge is 0.226 e. The van der Waals surface area contributed by atoms with Gasteiger partial charge in [0.1, 0.15) is 0 Å². The number of rotatable bonds is 6. The number of nitrogens with one attached hydrogen (secondary N) is 1. The second-order valence-electron chi connectivity index (χ2n) is 3.39. The summed E-state index contributed by atoms with van der Waals surface area (Å²) in [5.41, 5.74) is 6.48. The van der Waals surface area contributed by atoms with Gasteiger partial charge in [0.15, 0.2) is 0 Å². The van der Waals surface area contributed by atoms with E-state index in [1.165, 1.54) is 0 Å². The maximum Gasteiger partial charge on any atom is 0.226 e. The Bertz CT molecular complexity index is 395. The van der Waals surface area contributed by atoms with Crippen molar-refractivity contribution in [1.82, 2.24) is 0 Å². The topological polar surface area (TPSA) is 88.1 Å². The Morgan fingerprint density at radius 1 is 1.35 bits per heavy atom. The number of nitrogens with two attached hydrogens (primary N) is 1. The van der Waals surface area contributed by atoms with E-state index in [1.54, 1.807) is 24.3 Å². The largest absolute Gasteiger partial charge is 0.380 e. The minimum atomic E-state index is -0.119. The summed E-state index contributed by atoms with van der Waals surface area (Å²) in [6, 6.07) is 8.70. The Morgan fingerprint density at radius 3 is 2.65 bits per heavy atom. The molecular formula is C12H15N3O2. The Labute approximate surface area is 100 Å². The van der Waals surface area contributed by atoms with Gasteiger partial charge in [0.05, 0.1) is 31.3 Å². The lowest BCUT2D eigenvalue weighted by atomic mass is 10.2. The van der Waals surface area contributed by atoms with Crippen LogP contribution in [0.5, 0.6) is 0 Å². The molecule has 0 spiro atoms. The van der Waals surface area contributed by atoms with Crippen LogP contribution in [0.4, 0.5) is 5.69 Å². The third-order valence-electron chi connectivity index (χ3n) is 2.03. The maximum absolute atomic E-state index is 11.4. The highest BCUT2D eigenvalue weighted by molar-refractivity contribution is 5.90. The van der Waals surface area contributed by atoms with E-state index in [0.717, 1.165) is 0 Å². The van der Waals surface area contributed by atoms with Crippen LogP contribution in [0.3, 0.4) is 0 Å². The Balaban J connectivity index is 2.32. The summed E-state index contributed by atoms with van der Waals surface area (Å²) in [6.07, 6.45) is 0.292. The van der Waals surface area contributed by atoms with E-state index in [2.05, 4.69) is 5.32 Å². The molecule has 0 aliphatic rings. The van der Waals surface area contributed by atoms with Gasteiger partial charge in [-0.15, -0.1) is 0 Å². The van der Waals surface area contributed by atoms with Crippen molar-refractivity contribution in [1.29, 1.82) is 5.26 Å². The molecule has 3 N–H and O–H groups in total. The van der Waals surface area contributed by atoms with Crippen molar-refractivity contribution in [3.05, 3.63) is 29.8 Å². The molecule has 0 aliphatic carbocycles. The number of hydrogen-bond donors (Lipinski definition) is 2. The molecule has 0 fully saturated rings. The van der Waals surface area contributed by atoms with Crippen molar-refractivity contribution in [3.63, 3.8) is 0 Å². The number of nitriles is 1. The number of carbonyl (C=O) groups is 1. The molecule has 5 nitrogen and oxygen atoms in total. The van der Waals surface area contributed by atoms with Gasteiger partial charge in [-0.05, 0) is 24.3 Å². The number of hydrogen-bond acceptors (Lipinski definition) is 4. The molecule has 0 aromatic heterocycles. The molecule has 0 atom stereocenters. The van der Waals surface area contributed by atoms with Gasteiger partial charge in [0.2, 0.25) is 5.91 Å². The molecular weight excluding hydrogens is 218 g/mol. The zero-order chi connectivity index (χ0) is 12.5. The van der Waals surface area contributed by atoms with Crippen molar-refractivity contribution in [2.75, 3.05) is 25.1 Å². The first kappa shape index (κ1) is 13.2. The lowest BCUT2D eigenvalue weighted by Gasteiger charge is -2.05. The molecule has 0 heterocycles. The molecule has 0 radical (unpaired) electrons. The van der Waals surface area contributed by atoms with Gasteiger partial charge in [0, 0.05) is 12.2 Å². The van der Waals surface area contributed by atoms with E-state index >= 15 is 0 Å². The molecule has 1 aromatic rings. The van der Waals surface area contributed by atoms with Gasteiger partial charge >= 0.3 is 0 Å². The second-order valence-corrected chi connectivity index (χ2v) is 3.39. The number of nitrogens with zero attached hydrogens (tertiary/aromatic N) is 1. The predicted octanol–water partition coefficient (Wildman–Crippen LogP) is 0.862. The average Bonchev–Trinajstić information content (AvgIpc) is 2.36. The number of carbonyl (C=O) groups excluding carboxylic acids is 1. The maximum atomic E-state index is 11.4. The molecule has 0 unspecified atom stereocenters. The quantitative estimate of drug-likeness (QED) is 0.713.